The minimum Gasteiger partial charge on any atom is -0.497 e. The lowest BCUT2D eigenvalue weighted by Gasteiger charge is -2.24. The lowest BCUT2D eigenvalue weighted by molar-refractivity contribution is -0.130. The molecule has 0 saturated heterocycles. The van der Waals surface area contributed by atoms with Crippen LogP contribution in [0, 0.1) is 13.8 Å². The molecule has 0 saturated carbocycles. The second kappa shape index (κ2) is 14.7. The highest BCUT2D eigenvalue weighted by molar-refractivity contribution is 7.99. The Morgan fingerprint density at radius 2 is 1.78 bits per heavy atom. The zero-order valence-corrected chi connectivity index (χ0v) is 28.6. The molecule has 0 fully saturated rings. The van der Waals surface area contributed by atoms with Crippen LogP contribution < -0.4 is 19.5 Å². The molecule has 6 rings (SSSR count). The average Bonchev–Trinajstić information content (AvgIpc) is 3.91. The van der Waals surface area contributed by atoms with Crippen molar-refractivity contribution in [3.05, 3.63) is 113 Å². The minimum absolute atomic E-state index is 0.0178. The number of benzene rings is 3. The van der Waals surface area contributed by atoms with Crippen molar-refractivity contribution in [3.8, 4) is 22.9 Å². The predicted molar refractivity (Wildman–Crippen MR) is 185 cm³/mol. The summed E-state index contributed by atoms with van der Waals surface area (Å²) in [5.41, 5.74) is 5.29. The van der Waals surface area contributed by atoms with E-state index in [2.05, 4.69) is 15.5 Å². The molecular weight excluding hydrogens is 644 g/mol. The maximum Gasteiger partial charge on any atom is 0.287 e. The summed E-state index contributed by atoms with van der Waals surface area (Å²) < 4.78 is 23.8. The van der Waals surface area contributed by atoms with Crippen molar-refractivity contribution >= 4 is 29.3 Å². The number of hydrogen-bond donors (Lipinski definition) is 1. The molecule has 1 aliphatic rings. The Labute approximate surface area is 288 Å². The standard InChI is InChI=1S/C36H36N6O6S/c1-22-11-12-23(2)28(18-22)41-32(20-37-35(44)31-10-7-17-48-31)38-39-36(41)49-21-33(43)42-29(26-8-6-9-30(46-4)34(26)47-5)19-27(40-42)24-13-15-25(45-3)16-14-24/h6-18,29H,19-21H2,1-5H3,(H,37,44)/t29-/m0/s1. The number of amides is 2. The van der Waals surface area contributed by atoms with Crippen molar-refractivity contribution in [1.82, 2.24) is 25.1 Å². The Hall–Kier alpha value is -5.56. The number of thioether (sulfide) groups is 1. The molecule has 12 nitrogen and oxygen atoms in total. The first kappa shape index (κ1) is 33.3. The molecule has 1 N–H and O–H groups in total. The van der Waals surface area contributed by atoms with Crippen LogP contribution in [-0.4, -0.2) is 64.4 Å². The van der Waals surface area contributed by atoms with Crippen LogP contribution in [0.25, 0.3) is 5.69 Å². The molecule has 1 aliphatic heterocycles. The van der Waals surface area contributed by atoms with Crippen molar-refractivity contribution in [1.29, 1.82) is 0 Å². The van der Waals surface area contributed by atoms with Gasteiger partial charge in [0.1, 0.15) is 5.75 Å². The van der Waals surface area contributed by atoms with Crippen molar-refractivity contribution in [3.63, 3.8) is 0 Å². The molecule has 2 aromatic heterocycles. The molecular formula is C36H36N6O6S. The van der Waals surface area contributed by atoms with E-state index in [9.17, 15) is 9.59 Å². The summed E-state index contributed by atoms with van der Waals surface area (Å²) in [5, 5.41) is 18.6. The third-order valence-electron chi connectivity index (χ3n) is 8.16. The van der Waals surface area contributed by atoms with E-state index in [1.54, 1.807) is 33.5 Å². The Bertz CT molecular complexity index is 1990. The number of methoxy groups -OCH3 is 3. The number of rotatable bonds is 12. The molecule has 5 aromatic rings. The SMILES string of the molecule is COc1ccc(C2=NN(C(=O)CSc3nnc(CNC(=O)c4ccco4)n3-c3cc(C)ccc3C)[C@H](c3cccc(OC)c3OC)C2)cc1. The van der Waals surface area contributed by atoms with Gasteiger partial charge in [0.15, 0.2) is 28.2 Å². The first-order chi connectivity index (χ1) is 23.8. The van der Waals surface area contributed by atoms with Crippen LogP contribution in [0.4, 0.5) is 0 Å². The van der Waals surface area contributed by atoms with Crippen molar-refractivity contribution < 1.29 is 28.2 Å². The largest absolute Gasteiger partial charge is 0.497 e. The van der Waals surface area contributed by atoms with E-state index in [-0.39, 0.29) is 29.9 Å². The molecule has 252 valence electrons. The van der Waals surface area contributed by atoms with E-state index in [0.29, 0.717) is 28.9 Å². The topological polar surface area (TPSA) is 133 Å². The number of hydrazone groups is 1. The molecule has 2 amide bonds. The summed E-state index contributed by atoms with van der Waals surface area (Å²) >= 11 is 1.25. The Morgan fingerprint density at radius 1 is 0.959 bits per heavy atom. The number of hydrogen-bond acceptors (Lipinski definition) is 10. The molecule has 0 bridgehead atoms. The minimum atomic E-state index is -0.445. The number of aromatic nitrogens is 3. The monoisotopic (exact) mass is 680 g/mol. The molecule has 13 heteroatoms. The number of aryl methyl sites for hydroxylation is 2. The maximum absolute atomic E-state index is 14.1. The summed E-state index contributed by atoms with van der Waals surface area (Å²) in [6.45, 7) is 4.08. The molecule has 49 heavy (non-hydrogen) atoms. The number of furan rings is 1. The Balaban J connectivity index is 1.30. The molecule has 0 spiro atoms. The highest BCUT2D eigenvalue weighted by atomic mass is 32.2. The number of nitrogens with zero attached hydrogens (tertiary/aromatic N) is 5. The van der Waals surface area contributed by atoms with Gasteiger partial charge in [-0.2, -0.15) is 5.10 Å². The van der Waals surface area contributed by atoms with Gasteiger partial charge >= 0.3 is 0 Å². The van der Waals surface area contributed by atoms with Gasteiger partial charge in [0, 0.05) is 12.0 Å². The van der Waals surface area contributed by atoms with E-state index in [4.69, 9.17) is 23.7 Å². The normalized spacial score (nSPS) is 14.0. The van der Waals surface area contributed by atoms with Gasteiger partial charge in [-0.15, -0.1) is 10.2 Å². The van der Waals surface area contributed by atoms with Gasteiger partial charge in [0.05, 0.1) is 57.3 Å². The van der Waals surface area contributed by atoms with Gasteiger partial charge < -0.3 is 23.9 Å². The number of carbonyl (C=O) groups excluding carboxylic acids is 2. The van der Waals surface area contributed by atoms with E-state index in [1.165, 1.54) is 23.0 Å². The van der Waals surface area contributed by atoms with Crippen molar-refractivity contribution in [2.75, 3.05) is 27.1 Å². The fraction of sp³-hybridized carbons (Fsp3) is 0.250. The van der Waals surface area contributed by atoms with Gasteiger partial charge in [0.25, 0.3) is 11.8 Å². The first-order valence-electron chi connectivity index (χ1n) is 15.5. The lowest BCUT2D eigenvalue weighted by atomic mass is 9.97. The number of carbonyl (C=O) groups is 2. The zero-order valence-electron chi connectivity index (χ0n) is 27.8. The third kappa shape index (κ3) is 7.02. The lowest BCUT2D eigenvalue weighted by Crippen LogP contribution is -2.29. The highest BCUT2D eigenvalue weighted by Gasteiger charge is 2.36. The van der Waals surface area contributed by atoms with Gasteiger partial charge in [-0.05, 0) is 79.1 Å². The van der Waals surface area contributed by atoms with Crippen molar-refractivity contribution in [2.45, 2.75) is 38.0 Å². The van der Waals surface area contributed by atoms with Crippen LogP contribution >= 0.6 is 11.8 Å². The fourth-order valence-electron chi connectivity index (χ4n) is 5.67. The molecule has 0 unspecified atom stereocenters. The van der Waals surface area contributed by atoms with E-state index < -0.39 is 6.04 Å². The van der Waals surface area contributed by atoms with E-state index in [0.717, 1.165) is 39.4 Å². The summed E-state index contributed by atoms with van der Waals surface area (Å²) in [6, 6.07) is 22.1. The van der Waals surface area contributed by atoms with Crippen LogP contribution in [0.3, 0.4) is 0 Å². The quantitative estimate of drug-likeness (QED) is 0.160. The van der Waals surface area contributed by atoms with E-state index >= 15 is 0 Å². The molecule has 3 aromatic carbocycles. The van der Waals surface area contributed by atoms with Crippen molar-refractivity contribution in [2.24, 2.45) is 5.10 Å². The van der Waals surface area contributed by atoms with Gasteiger partial charge in [-0.25, -0.2) is 5.01 Å². The average molecular weight is 681 g/mol. The van der Waals surface area contributed by atoms with Gasteiger partial charge in [-0.3, -0.25) is 14.2 Å². The maximum atomic E-state index is 14.1. The van der Waals surface area contributed by atoms with Crippen LogP contribution in [0.1, 0.15) is 51.1 Å². The molecule has 3 heterocycles. The number of nitrogens with one attached hydrogen (secondary N) is 1. The summed E-state index contributed by atoms with van der Waals surface area (Å²) in [5.74, 6) is 1.95. The predicted octanol–water partition coefficient (Wildman–Crippen LogP) is 5.90. The smallest absolute Gasteiger partial charge is 0.287 e. The van der Waals surface area contributed by atoms with Crippen LogP contribution in [-0.2, 0) is 11.3 Å². The van der Waals surface area contributed by atoms with Crippen LogP contribution in [0.2, 0.25) is 0 Å². The first-order valence-corrected chi connectivity index (χ1v) is 16.5. The number of para-hydroxylation sites is 1. The van der Waals surface area contributed by atoms with Gasteiger partial charge in [0.2, 0.25) is 0 Å². The zero-order chi connectivity index (χ0) is 34.5. The molecule has 0 radical (unpaired) electrons. The Morgan fingerprint density at radius 3 is 2.49 bits per heavy atom. The second-order valence-corrected chi connectivity index (χ2v) is 12.2. The number of ether oxygens (including phenoxy) is 3. The Kier molecular flexibility index (Phi) is 10.00. The molecule has 0 aliphatic carbocycles. The van der Waals surface area contributed by atoms with Gasteiger partial charge in [-0.1, -0.05) is 36.0 Å². The molecule has 1 atom stereocenters. The fourth-order valence-corrected chi connectivity index (χ4v) is 6.49. The second-order valence-electron chi connectivity index (χ2n) is 11.3. The highest BCUT2D eigenvalue weighted by Crippen LogP contribution is 2.42. The van der Waals surface area contributed by atoms with Crippen LogP contribution in [0.15, 0.2) is 93.7 Å². The summed E-state index contributed by atoms with van der Waals surface area (Å²) in [6.07, 6.45) is 1.91. The summed E-state index contributed by atoms with van der Waals surface area (Å²) in [4.78, 5) is 26.8. The third-order valence-corrected chi connectivity index (χ3v) is 9.08. The van der Waals surface area contributed by atoms with E-state index in [1.807, 2.05) is 79.1 Å². The summed E-state index contributed by atoms with van der Waals surface area (Å²) in [7, 11) is 4.78. The van der Waals surface area contributed by atoms with Crippen LogP contribution in [0.5, 0.6) is 17.2 Å².